The first-order valence-corrected chi connectivity index (χ1v) is 10.0. The molecule has 0 bridgehead atoms. The Labute approximate surface area is 188 Å². The van der Waals surface area contributed by atoms with E-state index in [4.69, 9.17) is 16.9 Å². The van der Waals surface area contributed by atoms with Crippen molar-refractivity contribution >= 4 is 23.4 Å². The largest absolute Gasteiger partial charge is 0.341 e. The fourth-order valence-corrected chi connectivity index (χ4v) is 3.37. The molecule has 0 aliphatic heterocycles. The highest BCUT2D eigenvalue weighted by Crippen LogP contribution is 2.27. The third kappa shape index (κ3) is 5.48. The molecule has 5 nitrogen and oxygen atoms in total. The average Bonchev–Trinajstić information content (AvgIpc) is 2.79. The van der Waals surface area contributed by atoms with Gasteiger partial charge in [0.25, 0.3) is 5.91 Å². The van der Waals surface area contributed by atoms with Gasteiger partial charge < -0.3 is 10.6 Å². The molecule has 0 saturated carbocycles. The van der Waals surface area contributed by atoms with Gasteiger partial charge in [-0.2, -0.15) is 5.26 Å². The fourth-order valence-electron chi connectivity index (χ4n) is 3.13. The lowest BCUT2D eigenvalue weighted by atomic mass is 10.0. The highest BCUT2D eigenvalue weighted by molar-refractivity contribution is 6.33. The van der Waals surface area contributed by atoms with Crippen LogP contribution in [0, 0.1) is 23.0 Å². The summed E-state index contributed by atoms with van der Waals surface area (Å²) < 4.78 is 28.2. The average molecular weight is 454 g/mol. The number of rotatable bonds is 7. The predicted octanol–water partition coefficient (Wildman–Crippen LogP) is 4.27. The Morgan fingerprint density at radius 3 is 2.25 bits per heavy atom. The van der Waals surface area contributed by atoms with Crippen molar-refractivity contribution in [2.45, 2.75) is 12.5 Å². The molecule has 162 valence electrons. The molecule has 2 N–H and O–H groups in total. The number of nitrogens with one attached hydrogen (secondary N) is 2. The molecule has 1 unspecified atom stereocenters. The lowest BCUT2D eigenvalue weighted by molar-refractivity contribution is -0.122. The number of carbonyl (C=O) groups excluding carboxylic acids is 2. The van der Waals surface area contributed by atoms with Gasteiger partial charge in [-0.3, -0.25) is 9.59 Å². The Kier molecular flexibility index (Phi) is 7.53. The Morgan fingerprint density at radius 2 is 1.62 bits per heavy atom. The van der Waals surface area contributed by atoms with E-state index in [0.29, 0.717) is 5.02 Å². The molecule has 0 fully saturated rings. The fraction of sp³-hybridized carbons (Fsp3) is 0.125. The first kappa shape index (κ1) is 22.9. The maximum Gasteiger partial charge on any atom is 0.251 e. The van der Waals surface area contributed by atoms with Crippen LogP contribution < -0.4 is 10.6 Å². The topological polar surface area (TPSA) is 82.0 Å². The Balaban J connectivity index is 1.81. The minimum atomic E-state index is -1.29. The highest BCUT2D eigenvalue weighted by Gasteiger charge is 2.24. The van der Waals surface area contributed by atoms with Crippen molar-refractivity contribution in [2.24, 2.45) is 0 Å². The van der Waals surface area contributed by atoms with Crippen LogP contribution in [0.1, 0.15) is 15.9 Å². The maximum atomic E-state index is 14.1. The van der Waals surface area contributed by atoms with Crippen LogP contribution in [0.25, 0.3) is 11.1 Å². The molecule has 0 aliphatic rings. The summed E-state index contributed by atoms with van der Waals surface area (Å²) in [7, 11) is 0. The molecule has 3 aromatic rings. The quantitative estimate of drug-likeness (QED) is 0.524. The summed E-state index contributed by atoms with van der Waals surface area (Å²) in [6, 6.07) is 17.6. The summed E-state index contributed by atoms with van der Waals surface area (Å²) >= 11 is 6.20. The second-order valence-corrected chi connectivity index (χ2v) is 7.27. The van der Waals surface area contributed by atoms with Gasteiger partial charge in [-0.1, -0.05) is 48.0 Å². The zero-order valence-corrected chi connectivity index (χ0v) is 17.5. The van der Waals surface area contributed by atoms with Gasteiger partial charge in [-0.05, 0) is 35.9 Å². The zero-order chi connectivity index (χ0) is 23.1. The number of amides is 2. The third-order valence-electron chi connectivity index (χ3n) is 4.77. The molecule has 2 amide bonds. The number of nitriles is 1. The van der Waals surface area contributed by atoms with Crippen molar-refractivity contribution in [3.63, 3.8) is 0 Å². The Morgan fingerprint density at radius 1 is 0.969 bits per heavy atom. The number of hydrogen-bond donors (Lipinski definition) is 2. The first-order valence-electron chi connectivity index (χ1n) is 9.64. The Bertz CT molecular complexity index is 1160. The molecule has 1 atom stereocenters. The van der Waals surface area contributed by atoms with Crippen LogP contribution in [-0.4, -0.2) is 24.4 Å². The second kappa shape index (κ2) is 10.5. The van der Waals surface area contributed by atoms with E-state index in [9.17, 15) is 18.4 Å². The van der Waals surface area contributed by atoms with Crippen molar-refractivity contribution in [1.29, 1.82) is 5.26 Å². The van der Waals surface area contributed by atoms with Crippen molar-refractivity contribution in [2.75, 3.05) is 6.54 Å². The SMILES string of the molecule is N#CCNC(=O)C(Cc1c(F)cccc1F)NC(=O)c1ccc(-c2ccccc2Cl)cc1. The van der Waals surface area contributed by atoms with E-state index in [1.165, 1.54) is 6.07 Å². The van der Waals surface area contributed by atoms with E-state index in [-0.39, 0.29) is 17.7 Å². The van der Waals surface area contributed by atoms with E-state index >= 15 is 0 Å². The number of nitrogens with zero attached hydrogens (tertiary/aromatic N) is 1. The monoisotopic (exact) mass is 453 g/mol. The maximum absolute atomic E-state index is 14.1. The van der Waals surface area contributed by atoms with Crippen LogP contribution in [-0.2, 0) is 11.2 Å². The van der Waals surface area contributed by atoms with Gasteiger partial charge in [0.15, 0.2) is 0 Å². The summed E-state index contributed by atoms with van der Waals surface area (Å²) in [5.41, 5.74) is 1.50. The molecule has 0 saturated heterocycles. The molecule has 0 heterocycles. The smallest absolute Gasteiger partial charge is 0.251 e. The zero-order valence-electron chi connectivity index (χ0n) is 16.7. The Hall–Kier alpha value is -3.76. The summed E-state index contributed by atoms with van der Waals surface area (Å²) in [5, 5.41) is 14.1. The normalized spacial score (nSPS) is 11.3. The van der Waals surface area contributed by atoms with Gasteiger partial charge in [0.1, 0.15) is 24.2 Å². The van der Waals surface area contributed by atoms with Crippen molar-refractivity contribution in [1.82, 2.24) is 10.6 Å². The van der Waals surface area contributed by atoms with Crippen LogP contribution in [0.15, 0.2) is 66.7 Å². The van der Waals surface area contributed by atoms with Gasteiger partial charge in [0, 0.05) is 28.1 Å². The molecular weight excluding hydrogens is 436 g/mol. The van der Waals surface area contributed by atoms with Gasteiger partial charge in [-0.15, -0.1) is 0 Å². The molecular formula is C24H18ClF2N3O2. The molecule has 0 aromatic heterocycles. The molecule has 3 rings (SSSR count). The van der Waals surface area contributed by atoms with Gasteiger partial charge in [-0.25, -0.2) is 8.78 Å². The summed E-state index contributed by atoms with van der Waals surface area (Å²) in [6.07, 6.45) is -0.417. The number of benzene rings is 3. The van der Waals surface area contributed by atoms with Gasteiger partial charge in [0.2, 0.25) is 5.91 Å². The minimum Gasteiger partial charge on any atom is -0.341 e. The van der Waals surface area contributed by atoms with Crippen LogP contribution >= 0.6 is 11.6 Å². The molecule has 0 spiro atoms. The van der Waals surface area contributed by atoms with Crippen molar-refractivity contribution in [3.8, 4) is 17.2 Å². The predicted molar refractivity (Wildman–Crippen MR) is 117 cm³/mol. The van der Waals surface area contributed by atoms with Crippen LogP contribution in [0.5, 0.6) is 0 Å². The first-order chi connectivity index (χ1) is 15.4. The van der Waals surface area contributed by atoms with Crippen molar-refractivity contribution in [3.05, 3.63) is 94.5 Å². The van der Waals surface area contributed by atoms with Gasteiger partial charge in [0.05, 0.1) is 6.07 Å². The van der Waals surface area contributed by atoms with Gasteiger partial charge >= 0.3 is 0 Å². The summed E-state index contributed by atoms with van der Waals surface area (Å²) in [6.45, 7) is -0.308. The molecule has 8 heteroatoms. The summed E-state index contributed by atoms with van der Waals surface area (Å²) in [4.78, 5) is 25.2. The van der Waals surface area contributed by atoms with E-state index in [1.807, 2.05) is 18.2 Å². The van der Waals surface area contributed by atoms with E-state index in [0.717, 1.165) is 23.3 Å². The van der Waals surface area contributed by atoms with Crippen LogP contribution in [0.2, 0.25) is 5.02 Å². The minimum absolute atomic E-state index is 0.243. The lowest BCUT2D eigenvalue weighted by Crippen LogP contribution is -2.48. The summed E-state index contributed by atoms with van der Waals surface area (Å²) in [5.74, 6) is -3.00. The van der Waals surface area contributed by atoms with Crippen LogP contribution in [0.3, 0.4) is 0 Å². The highest BCUT2D eigenvalue weighted by atomic mass is 35.5. The standard InChI is InChI=1S/C24H18ClF2N3O2/c25-19-5-2-1-4-17(19)15-8-10-16(11-9-15)23(31)30-22(24(32)29-13-12-28)14-18-20(26)6-3-7-21(18)27/h1-11,22H,13-14H2,(H,29,32)(H,30,31). The molecule has 3 aromatic carbocycles. The number of halogens is 3. The molecule has 32 heavy (non-hydrogen) atoms. The number of hydrogen-bond acceptors (Lipinski definition) is 3. The van der Waals surface area contributed by atoms with E-state index < -0.39 is 35.9 Å². The third-order valence-corrected chi connectivity index (χ3v) is 5.09. The molecule has 0 aliphatic carbocycles. The number of carbonyl (C=O) groups is 2. The molecule has 0 radical (unpaired) electrons. The van der Waals surface area contributed by atoms with Crippen LogP contribution in [0.4, 0.5) is 8.78 Å². The lowest BCUT2D eigenvalue weighted by Gasteiger charge is -2.19. The van der Waals surface area contributed by atoms with Crippen molar-refractivity contribution < 1.29 is 18.4 Å². The second-order valence-electron chi connectivity index (χ2n) is 6.86. The van der Waals surface area contributed by atoms with E-state index in [2.05, 4.69) is 10.6 Å². The van der Waals surface area contributed by atoms with E-state index in [1.54, 1.807) is 36.4 Å².